The van der Waals surface area contributed by atoms with E-state index < -0.39 is 0 Å². The van der Waals surface area contributed by atoms with Gasteiger partial charge in [0.05, 0.1) is 0 Å². The molecule has 1 fully saturated rings. The average molecular weight is 128 g/mol. The van der Waals surface area contributed by atoms with Gasteiger partial charge in [-0.05, 0) is 18.8 Å². The summed E-state index contributed by atoms with van der Waals surface area (Å²) < 4.78 is 5.34. The number of hydrogen-bond acceptors (Lipinski definition) is 1. The summed E-state index contributed by atoms with van der Waals surface area (Å²) in [5.74, 6) is 0.894. The standard InChI is InChI=1S/C8H16O/c1-8-4-2-3-6-9-7-5-8/h8H,2-7H2,1H3. The molecule has 1 saturated heterocycles. The monoisotopic (exact) mass is 128 g/mol. The second kappa shape index (κ2) is 3.89. The van der Waals surface area contributed by atoms with Crippen molar-refractivity contribution in [2.45, 2.75) is 32.6 Å². The summed E-state index contributed by atoms with van der Waals surface area (Å²) >= 11 is 0. The molecule has 0 amide bonds. The molecule has 0 spiro atoms. The molecule has 1 aliphatic heterocycles. The van der Waals surface area contributed by atoms with Gasteiger partial charge in [0.15, 0.2) is 0 Å². The van der Waals surface area contributed by atoms with Crippen LogP contribution in [0.3, 0.4) is 0 Å². The van der Waals surface area contributed by atoms with E-state index in [9.17, 15) is 0 Å². The Kier molecular flexibility index (Phi) is 3.05. The van der Waals surface area contributed by atoms with Crippen LogP contribution in [0.2, 0.25) is 0 Å². The molecule has 1 aliphatic rings. The Balaban J connectivity index is 2.12. The van der Waals surface area contributed by atoms with Crippen LogP contribution in [0.15, 0.2) is 0 Å². The summed E-state index contributed by atoms with van der Waals surface area (Å²) in [6, 6.07) is 0. The first-order chi connectivity index (χ1) is 4.39. The zero-order valence-electron chi connectivity index (χ0n) is 6.23. The molecule has 54 valence electrons. The lowest BCUT2D eigenvalue weighted by Crippen LogP contribution is -2.07. The highest BCUT2D eigenvalue weighted by atomic mass is 16.5. The summed E-state index contributed by atoms with van der Waals surface area (Å²) in [5.41, 5.74) is 0. The SMILES string of the molecule is CC1CCCCOCC1. The summed E-state index contributed by atoms with van der Waals surface area (Å²) in [5, 5.41) is 0. The number of hydrogen-bond donors (Lipinski definition) is 0. The highest BCUT2D eigenvalue weighted by molar-refractivity contribution is 4.55. The Morgan fingerprint density at radius 1 is 1.11 bits per heavy atom. The van der Waals surface area contributed by atoms with E-state index >= 15 is 0 Å². The van der Waals surface area contributed by atoms with Crippen molar-refractivity contribution < 1.29 is 4.74 Å². The molecule has 1 atom stereocenters. The maximum absolute atomic E-state index is 5.34. The lowest BCUT2D eigenvalue weighted by molar-refractivity contribution is 0.103. The molecular weight excluding hydrogens is 112 g/mol. The second-order valence-electron chi connectivity index (χ2n) is 3.00. The normalized spacial score (nSPS) is 31.0. The van der Waals surface area contributed by atoms with Gasteiger partial charge in [0.25, 0.3) is 0 Å². The molecule has 0 N–H and O–H groups in total. The summed E-state index contributed by atoms with van der Waals surface area (Å²) in [7, 11) is 0. The van der Waals surface area contributed by atoms with Crippen LogP contribution in [0.25, 0.3) is 0 Å². The molecular formula is C8H16O. The van der Waals surface area contributed by atoms with Crippen LogP contribution >= 0.6 is 0 Å². The maximum atomic E-state index is 5.34. The molecule has 0 radical (unpaired) electrons. The van der Waals surface area contributed by atoms with Crippen LogP contribution in [0, 0.1) is 5.92 Å². The molecule has 1 rings (SSSR count). The molecule has 0 saturated carbocycles. The first-order valence-electron chi connectivity index (χ1n) is 3.97. The van der Waals surface area contributed by atoms with Gasteiger partial charge in [-0.2, -0.15) is 0 Å². The van der Waals surface area contributed by atoms with E-state index in [1.807, 2.05) is 0 Å². The Hall–Kier alpha value is -0.0400. The third kappa shape index (κ3) is 2.85. The minimum Gasteiger partial charge on any atom is -0.381 e. The van der Waals surface area contributed by atoms with Crippen molar-refractivity contribution in [3.05, 3.63) is 0 Å². The van der Waals surface area contributed by atoms with Crippen molar-refractivity contribution >= 4 is 0 Å². The zero-order valence-corrected chi connectivity index (χ0v) is 6.23. The first-order valence-corrected chi connectivity index (χ1v) is 3.97. The molecule has 0 bridgehead atoms. The number of rotatable bonds is 0. The van der Waals surface area contributed by atoms with E-state index in [4.69, 9.17) is 4.74 Å². The molecule has 1 unspecified atom stereocenters. The van der Waals surface area contributed by atoms with Crippen molar-refractivity contribution in [1.29, 1.82) is 0 Å². The maximum Gasteiger partial charge on any atom is 0.0468 e. The summed E-state index contributed by atoms with van der Waals surface area (Å²) in [6.45, 7) is 4.29. The molecule has 9 heavy (non-hydrogen) atoms. The minimum absolute atomic E-state index is 0.894. The summed E-state index contributed by atoms with van der Waals surface area (Å²) in [4.78, 5) is 0. The Morgan fingerprint density at radius 2 is 2.00 bits per heavy atom. The summed E-state index contributed by atoms with van der Waals surface area (Å²) in [6.07, 6.45) is 5.30. The van der Waals surface area contributed by atoms with Gasteiger partial charge in [-0.1, -0.05) is 19.8 Å². The van der Waals surface area contributed by atoms with Gasteiger partial charge in [0, 0.05) is 13.2 Å². The zero-order chi connectivity index (χ0) is 6.53. The molecule has 0 aromatic heterocycles. The molecule has 0 aliphatic carbocycles. The largest absolute Gasteiger partial charge is 0.381 e. The fourth-order valence-corrected chi connectivity index (χ4v) is 1.23. The van der Waals surface area contributed by atoms with Crippen LogP contribution < -0.4 is 0 Å². The Bertz CT molecular complexity index is 63.0. The Labute approximate surface area is 57.4 Å². The highest BCUT2D eigenvalue weighted by Crippen LogP contribution is 2.14. The van der Waals surface area contributed by atoms with Crippen molar-refractivity contribution in [2.24, 2.45) is 5.92 Å². The fraction of sp³-hybridized carbons (Fsp3) is 1.00. The smallest absolute Gasteiger partial charge is 0.0468 e. The van der Waals surface area contributed by atoms with Gasteiger partial charge < -0.3 is 4.74 Å². The molecule has 1 nitrogen and oxygen atoms in total. The minimum atomic E-state index is 0.894. The van der Waals surface area contributed by atoms with E-state index in [1.165, 1.54) is 25.7 Å². The van der Waals surface area contributed by atoms with E-state index in [1.54, 1.807) is 0 Å². The molecule has 1 heteroatoms. The van der Waals surface area contributed by atoms with Crippen molar-refractivity contribution in [3.8, 4) is 0 Å². The molecule has 0 aromatic rings. The van der Waals surface area contributed by atoms with Crippen molar-refractivity contribution in [3.63, 3.8) is 0 Å². The van der Waals surface area contributed by atoms with Crippen LogP contribution in [0.1, 0.15) is 32.6 Å². The van der Waals surface area contributed by atoms with Crippen LogP contribution in [0.5, 0.6) is 0 Å². The highest BCUT2D eigenvalue weighted by Gasteiger charge is 2.04. The number of ether oxygens (including phenoxy) is 1. The van der Waals surface area contributed by atoms with Gasteiger partial charge in [0.1, 0.15) is 0 Å². The Morgan fingerprint density at radius 3 is 2.89 bits per heavy atom. The van der Waals surface area contributed by atoms with Crippen molar-refractivity contribution in [1.82, 2.24) is 0 Å². The third-order valence-corrected chi connectivity index (χ3v) is 1.99. The van der Waals surface area contributed by atoms with E-state index in [2.05, 4.69) is 6.92 Å². The lowest BCUT2D eigenvalue weighted by Gasteiger charge is -2.14. The topological polar surface area (TPSA) is 9.23 Å². The second-order valence-corrected chi connectivity index (χ2v) is 3.00. The predicted molar refractivity (Wildman–Crippen MR) is 38.5 cm³/mol. The predicted octanol–water partition coefficient (Wildman–Crippen LogP) is 2.21. The van der Waals surface area contributed by atoms with Gasteiger partial charge in [-0.15, -0.1) is 0 Å². The van der Waals surface area contributed by atoms with Crippen LogP contribution in [-0.4, -0.2) is 13.2 Å². The van der Waals surface area contributed by atoms with Crippen LogP contribution in [-0.2, 0) is 4.74 Å². The van der Waals surface area contributed by atoms with Gasteiger partial charge >= 0.3 is 0 Å². The third-order valence-electron chi connectivity index (χ3n) is 1.99. The lowest BCUT2D eigenvalue weighted by atomic mass is 10.0. The van der Waals surface area contributed by atoms with Gasteiger partial charge in [-0.25, -0.2) is 0 Å². The molecule has 0 aromatic carbocycles. The van der Waals surface area contributed by atoms with Gasteiger partial charge in [0.2, 0.25) is 0 Å². The van der Waals surface area contributed by atoms with E-state index in [0.717, 1.165) is 19.1 Å². The average Bonchev–Trinajstić information content (AvgIpc) is 1.79. The van der Waals surface area contributed by atoms with E-state index in [-0.39, 0.29) is 0 Å². The quantitative estimate of drug-likeness (QED) is 0.486. The molecule has 1 heterocycles. The first kappa shape index (κ1) is 7.07. The van der Waals surface area contributed by atoms with E-state index in [0.29, 0.717) is 0 Å². The van der Waals surface area contributed by atoms with Crippen LogP contribution in [0.4, 0.5) is 0 Å². The van der Waals surface area contributed by atoms with Gasteiger partial charge in [-0.3, -0.25) is 0 Å². The van der Waals surface area contributed by atoms with Crippen molar-refractivity contribution in [2.75, 3.05) is 13.2 Å². The fourth-order valence-electron chi connectivity index (χ4n) is 1.23.